The van der Waals surface area contributed by atoms with Crippen LogP contribution in [-0.2, 0) is 12.6 Å². The second kappa shape index (κ2) is 4.45. The van der Waals surface area contributed by atoms with E-state index < -0.39 is 11.7 Å². The molecule has 3 nitrogen and oxygen atoms in total. The quantitative estimate of drug-likeness (QED) is 0.821. The minimum absolute atomic E-state index is 0.135. The van der Waals surface area contributed by atoms with Crippen LogP contribution in [-0.4, -0.2) is 22.8 Å². The summed E-state index contributed by atoms with van der Waals surface area (Å²) in [6.45, 7) is 0.889. The summed E-state index contributed by atoms with van der Waals surface area (Å²) < 4.78 is 37.7. The van der Waals surface area contributed by atoms with E-state index in [9.17, 15) is 13.2 Å². The number of hydrogen-bond donors (Lipinski definition) is 2. The van der Waals surface area contributed by atoms with Crippen molar-refractivity contribution in [1.29, 1.82) is 0 Å². The highest BCUT2D eigenvalue weighted by Gasteiger charge is 2.35. The Hall–Kier alpha value is -1.04. The van der Waals surface area contributed by atoms with E-state index in [1.807, 2.05) is 0 Å². The maximum absolute atomic E-state index is 12.6. The van der Waals surface area contributed by atoms with Crippen molar-refractivity contribution in [3.05, 3.63) is 17.5 Å². The first-order valence-corrected chi connectivity index (χ1v) is 5.40. The number of piperidine rings is 1. The number of alkyl halides is 3. The van der Waals surface area contributed by atoms with E-state index in [-0.39, 0.29) is 11.7 Å². The molecule has 6 heteroatoms. The maximum atomic E-state index is 12.6. The van der Waals surface area contributed by atoms with Crippen LogP contribution in [0.2, 0.25) is 0 Å². The molecule has 0 amide bonds. The van der Waals surface area contributed by atoms with Gasteiger partial charge in [-0.2, -0.15) is 18.3 Å². The third kappa shape index (κ3) is 2.55. The lowest BCUT2D eigenvalue weighted by atomic mass is 9.99. The molecule has 1 aliphatic rings. The Morgan fingerprint density at radius 2 is 2.19 bits per heavy atom. The highest BCUT2D eigenvalue weighted by Crippen LogP contribution is 2.31. The van der Waals surface area contributed by atoms with E-state index in [0.717, 1.165) is 32.0 Å². The number of nitrogens with zero attached hydrogens (tertiary/aromatic N) is 1. The van der Waals surface area contributed by atoms with Gasteiger partial charge in [0.15, 0.2) is 0 Å². The molecule has 0 bridgehead atoms. The molecule has 1 atom stereocenters. The summed E-state index contributed by atoms with van der Waals surface area (Å²) in [5, 5.41) is 9.15. The Balaban J connectivity index is 2.06. The van der Waals surface area contributed by atoms with Crippen LogP contribution in [0.25, 0.3) is 0 Å². The fourth-order valence-electron chi connectivity index (χ4n) is 2.06. The van der Waals surface area contributed by atoms with Crippen molar-refractivity contribution < 1.29 is 13.2 Å². The summed E-state index contributed by atoms with van der Waals surface area (Å²) in [5.74, 6) is 0. The van der Waals surface area contributed by atoms with Crippen LogP contribution >= 0.6 is 0 Å². The molecule has 0 aliphatic carbocycles. The lowest BCUT2D eigenvalue weighted by Gasteiger charge is -2.23. The molecule has 90 valence electrons. The third-order valence-electron chi connectivity index (χ3n) is 2.89. The minimum atomic E-state index is -4.31. The van der Waals surface area contributed by atoms with Gasteiger partial charge in [-0.25, -0.2) is 0 Å². The number of halogens is 3. The van der Waals surface area contributed by atoms with Crippen LogP contribution in [0, 0.1) is 0 Å². The molecule has 16 heavy (non-hydrogen) atoms. The Labute approximate surface area is 91.4 Å². The molecule has 0 spiro atoms. The SMILES string of the molecule is FC(F)(F)c1cn[nH]c1CC1CCCCN1. The summed E-state index contributed by atoms with van der Waals surface area (Å²) in [6.07, 6.45) is 0.0269. The summed E-state index contributed by atoms with van der Waals surface area (Å²) in [4.78, 5) is 0. The summed E-state index contributed by atoms with van der Waals surface area (Å²) in [7, 11) is 0. The van der Waals surface area contributed by atoms with Gasteiger partial charge in [0.25, 0.3) is 0 Å². The van der Waals surface area contributed by atoms with Gasteiger partial charge in [-0.3, -0.25) is 5.10 Å². The number of hydrogen-bond acceptors (Lipinski definition) is 2. The van der Waals surface area contributed by atoms with Gasteiger partial charge >= 0.3 is 6.18 Å². The average Bonchev–Trinajstić information content (AvgIpc) is 2.67. The Bertz CT molecular complexity index is 339. The molecule has 0 radical (unpaired) electrons. The van der Waals surface area contributed by atoms with E-state index in [1.165, 1.54) is 0 Å². The maximum Gasteiger partial charge on any atom is 0.419 e. The molecule has 1 saturated heterocycles. The van der Waals surface area contributed by atoms with Crippen LogP contribution in [0.5, 0.6) is 0 Å². The Morgan fingerprint density at radius 1 is 1.38 bits per heavy atom. The fourth-order valence-corrected chi connectivity index (χ4v) is 2.06. The molecule has 1 fully saturated rings. The van der Waals surface area contributed by atoms with Crippen molar-refractivity contribution in [1.82, 2.24) is 15.5 Å². The zero-order valence-corrected chi connectivity index (χ0v) is 8.77. The van der Waals surface area contributed by atoms with E-state index >= 15 is 0 Å². The standard InChI is InChI=1S/C10H14F3N3/c11-10(12,13)8-6-15-16-9(8)5-7-3-1-2-4-14-7/h6-7,14H,1-5H2,(H,15,16). The van der Waals surface area contributed by atoms with Crippen molar-refractivity contribution in [3.63, 3.8) is 0 Å². The first-order valence-electron chi connectivity index (χ1n) is 5.40. The van der Waals surface area contributed by atoms with E-state index in [1.54, 1.807) is 0 Å². The smallest absolute Gasteiger partial charge is 0.314 e. The number of rotatable bonds is 2. The van der Waals surface area contributed by atoms with Crippen molar-refractivity contribution >= 4 is 0 Å². The van der Waals surface area contributed by atoms with Gasteiger partial charge in [0.05, 0.1) is 11.8 Å². The van der Waals surface area contributed by atoms with E-state index in [2.05, 4.69) is 15.5 Å². The normalized spacial score (nSPS) is 22.3. The van der Waals surface area contributed by atoms with Gasteiger partial charge in [-0.05, 0) is 19.4 Å². The predicted octanol–water partition coefficient (Wildman–Crippen LogP) is 2.11. The van der Waals surface area contributed by atoms with E-state index in [0.29, 0.717) is 6.42 Å². The highest BCUT2D eigenvalue weighted by atomic mass is 19.4. The number of H-pyrrole nitrogens is 1. The molecule has 1 aromatic heterocycles. The van der Waals surface area contributed by atoms with Crippen LogP contribution in [0.15, 0.2) is 6.20 Å². The van der Waals surface area contributed by atoms with Crippen molar-refractivity contribution in [2.45, 2.75) is 37.9 Å². The summed E-state index contributed by atoms with van der Waals surface area (Å²) >= 11 is 0. The molecule has 2 rings (SSSR count). The van der Waals surface area contributed by atoms with Gasteiger partial charge in [0.1, 0.15) is 0 Å². The third-order valence-corrected chi connectivity index (χ3v) is 2.89. The molecule has 2 heterocycles. The Kier molecular flexibility index (Phi) is 3.18. The van der Waals surface area contributed by atoms with Gasteiger partial charge in [0, 0.05) is 18.2 Å². The number of nitrogens with one attached hydrogen (secondary N) is 2. The molecule has 0 aromatic carbocycles. The van der Waals surface area contributed by atoms with Gasteiger partial charge in [0.2, 0.25) is 0 Å². The topological polar surface area (TPSA) is 40.7 Å². The lowest BCUT2D eigenvalue weighted by Crippen LogP contribution is -2.36. The Morgan fingerprint density at radius 3 is 2.81 bits per heavy atom. The molecule has 2 N–H and O–H groups in total. The van der Waals surface area contributed by atoms with Crippen LogP contribution in [0.4, 0.5) is 13.2 Å². The second-order valence-corrected chi connectivity index (χ2v) is 4.11. The largest absolute Gasteiger partial charge is 0.419 e. The molecular weight excluding hydrogens is 219 g/mol. The number of aromatic amines is 1. The first-order chi connectivity index (χ1) is 7.57. The molecule has 1 aliphatic heterocycles. The summed E-state index contributed by atoms with van der Waals surface area (Å²) in [6, 6.07) is 0.135. The van der Waals surface area contributed by atoms with Crippen molar-refractivity contribution in [3.8, 4) is 0 Å². The van der Waals surface area contributed by atoms with E-state index in [4.69, 9.17) is 0 Å². The highest BCUT2D eigenvalue weighted by molar-refractivity contribution is 5.20. The molecule has 1 unspecified atom stereocenters. The molecule has 1 aromatic rings. The van der Waals surface area contributed by atoms with Gasteiger partial charge in [-0.1, -0.05) is 6.42 Å². The second-order valence-electron chi connectivity index (χ2n) is 4.11. The van der Waals surface area contributed by atoms with Crippen LogP contribution in [0.1, 0.15) is 30.5 Å². The van der Waals surface area contributed by atoms with Crippen molar-refractivity contribution in [2.75, 3.05) is 6.54 Å². The molecular formula is C10H14F3N3. The van der Waals surface area contributed by atoms with Gasteiger partial charge in [-0.15, -0.1) is 0 Å². The predicted molar refractivity (Wildman–Crippen MR) is 52.9 cm³/mol. The first kappa shape index (κ1) is 11.4. The number of aromatic nitrogens is 2. The minimum Gasteiger partial charge on any atom is -0.314 e. The fraction of sp³-hybridized carbons (Fsp3) is 0.700. The zero-order chi connectivity index (χ0) is 11.6. The lowest BCUT2D eigenvalue weighted by molar-refractivity contribution is -0.138. The monoisotopic (exact) mass is 233 g/mol. The molecule has 0 saturated carbocycles. The average molecular weight is 233 g/mol. The van der Waals surface area contributed by atoms with Crippen molar-refractivity contribution in [2.24, 2.45) is 0 Å². The summed E-state index contributed by atoms with van der Waals surface area (Å²) in [5.41, 5.74) is -0.452. The van der Waals surface area contributed by atoms with Crippen LogP contribution in [0.3, 0.4) is 0 Å². The van der Waals surface area contributed by atoms with Crippen LogP contribution < -0.4 is 5.32 Å². The van der Waals surface area contributed by atoms with Gasteiger partial charge < -0.3 is 5.32 Å². The zero-order valence-electron chi connectivity index (χ0n) is 8.77.